The first-order valence-electron chi connectivity index (χ1n) is 5.74. The van der Waals surface area contributed by atoms with E-state index in [9.17, 15) is 10.1 Å². The largest absolute Gasteiger partial charge is 0.358 e. The Morgan fingerprint density at radius 1 is 1.11 bits per heavy atom. The third-order valence-electron chi connectivity index (χ3n) is 3.48. The molecule has 1 heterocycles. The van der Waals surface area contributed by atoms with E-state index in [1.807, 2.05) is 32.0 Å². The van der Waals surface area contributed by atoms with Crippen LogP contribution in [0.5, 0.6) is 0 Å². The predicted octanol–water partition coefficient (Wildman–Crippen LogP) is 3.85. The summed E-state index contributed by atoms with van der Waals surface area (Å²) >= 11 is 0. The Bertz CT molecular complexity index is 787. The molecule has 4 heteroatoms. The van der Waals surface area contributed by atoms with Crippen LogP contribution >= 0.6 is 0 Å². The van der Waals surface area contributed by atoms with E-state index < -0.39 is 0 Å². The summed E-state index contributed by atoms with van der Waals surface area (Å²) in [4.78, 5) is 14.1. The van der Waals surface area contributed by atoms with Gasteiger partial charge in [-0.25, -0.2) is 0 Å². The van der Waals surface area contributed by atoms with E-state index in [0.29, 0.717) is 0 Å². The van der Waals surface area contributed by atoms with Gasteiger partial charge in [0, 0.05) is 22.7 Å². The lowest BCUT2D eigenvalue weighted by molar-refractivity contribution is -0.383. The molecule has 0 amide bonds. The molecule has 0 spiro atoms. The fourth-order valence-electron chi connectivity index (χ4n) is 2.49. The van der Waals surface area contributed by atoms with Crippen LogP contribution in [0.3, 0.4) is 0 Å². The quantitative estimate of drug-likeness (QED) is 0.518. The first kappa shape index (κ1) is 10.8. The van der Waals surface area contributed by atoms with Gasteiger partial charge < -0.3 is 4.98 Å². The van der Waals surface area contributed by atoms with Crippen LogP contribution in [0.4, 0.5) is 5.69 Å². The highest BCUT2D eigenvalue weighted by molar-refractivity contribution is 6.12. The summed E-state index contributed by atoms with van der Waals surface area (Å²) in [6.45, 7) is 3.97. The van der Waals surface area contributed by atoms with E-state index in [-0.39, 0.29) is 10.6 Å². The molecule has 0 aliphatic carbocycles. The molecule has 90 valence electrons. The average molecular weight is 240 g/mol. The molecule has 1 N–H and O–H groups in total. The Morgan fingerprint density at radius 3 is 2.61 bits per heavy atom. The summed E-state index contributed by atoms with van der Waals surface area (Å²) in [5, 5.41) is 13.8. The molecule has 18 heavy (non-hydrogen) atoms. The number of nitro benzene ring substituents is 1. The van der Waals surface area contributed by atoms with Crippen LogP contribution in [0, 0.1) is 24.0 Å². The minimum Gasteiger partial charge on any atom is -0.358 e. The molecular weight excluding hydrogens is 228 g/mol. The van der Waals surface area contributed by atoms with Gasteiger partial charge in [-0.15, -0.1) is 0 Å². The lowest BCUT2D eigenvalue weighted by Crippen LogP contribution is -1.90. The van der Waals surface area contributed by atoms with Crippen molar-refractivity contribution in [3.63, 3.8) is 0 Å². The molecule has 3 rings (SSSR count). The standard InChI is InChI=1S/C14H12N2O2/c1-8-9(2)15-11-7-6-10-4-3-5-12(16(17)18)14(10)13(8)11/h3-7,15H,1-2H3. The third kappa shape index (κ3) is 1.32. The summed E-state index contributed by atoms with van der Waals surface area (Å²) < 4.78 is 0. The molecule has 4 nitrogen and oxygen atoms in total. The van der Waals surface area contributed by atoms with Gasteiger partial charge in [-0.05, 0) is 30.9 Å². The van der Waals surface area contributed by atoms with Crippen molar-refractivity contribution in [3.8, 4) is 0 Å². The van der Waals surface area contributed by atoms with Crippen LogP contribution in [0.1, 0.15) is 11.3 Å². The summed E-state index contributed by atoms with van der Waals surface area (Å²) in [5.41, 5.74) is 3.24. The minimum absolute atomic E-state index is 0.167. The molecule has 0 fully saturated rings. The number of hydrogen-bond acceptors (Lipinski definition) is 2. The second-order valence-electron chi connectivity index (χ2n) is 4.50. The Hall–Kier alpha value is -2.36. The van der Waals surface area contributed by atoms with Crippen molar-refractivity contribution in [2.75, 3.05) is 0 Å². The smallest absolute Gasteiger partial charge is 0.277 e. The topological polar surface area (TPSA) is 58.9 Å². The first-order valence-corrected chi connectivity index (χ1v) is 5.74. The van der Waals surface area contributed by atoms with Crippen molar-refractivity contribution in [3.05, 3.63) is 51.7 Å². The maximum absolute atomic E-state index is 11.2. The van der Waals surface area contributed by atoms with Crippen LogP contribution < -0.4 is 0 Å². The van der Waals surface area contributed by atoms with Crippen molar-refractivity contribution >= 4 is 27.4 Å². The van der Waals surface area contributed by atoms with E-state index in [2.05, 4.69) is 4.98 Å². The number of nitrogens with zero attached hydrogens (tertiary/aromatic N) is 1. The lowest BCUT2D eigenvalue weighted by atomic mass is 10.0. The molecule has 1 aromatic heterocycles. The van der Waals surface area contributed by atoms with Gasteiger partial charge >= 0.3 is 0 Å². The van der Waals surface area contributed by atoms with Gasteiger partial charge in [0.15, 0.2) is 0 Å². The molecule has 0 saturated heterocycles. The molecule has 2 aromatic carbocycles. The van der Waals surface area contributed by atoms with Crippen molar-refractivity contribution in [1.29, 1.82) is 0 Å². The molecule has 0 unspecified atom stereocenters. The number of non-ortho nitro benzene ring substituents is 1. The third-order valence-corrected chi connectivity index (χ3v) is 3.48. The summed E-state index contributed by atoms with van der Waals surface area (Å²) in [7, 11) is 0. The summed E-state index contributed by atoms with van der Waals surface area (Å²) in [6.07, 6.45) is 0. The molecule has 0 aliphatic rings. The fraction of sp³-hybridized carbons (Fsp3) is 0.143. The Kier molecular flexibility index (Phi) is 2.13. The van der Waals surface area contributed by atoms with Crippen molar-refractivity contribution in [1.82, 2.24) is 4.98 Å². The lowest BCUT2D eigenvalue weighted by Gasteiger charge is -2.02. The van der Waals surface area contributed by atoms with Crippen LogP contribution in [0.2, 0.25) is 0 Å². The molecule has 0 aliphatic heterocycles. The highest BCUT2D eigenvalue weighted by atomic mass is 16.6. The SMILES string of the molecule is Cc1[nH]c2ccc3cccc([N+](=O)[O-])c3c2c1C. The second-order valence-corrected chi connectivity index (χ2v) is 4.50. The zero-order chi connectivity index (χ0) is 12.9. The summed E-state index contributed by atoms with van der Waals surface area (Å²) in [5.74, 6) is 0. The molecule has 0 atom stereocenters. The average Bonchev–Trinajstić information content (AvgIpc) is 2.64. The number of nitrogens with one attached hydrogen (secondary N) is 1. The maximum Gasteiger partial charge on any atom is 0.277 e. The highest BCUT2D eigenvalue weighted by Gasteiger charge is 2.17. The van der Waals surface area contributed by atoms with Crippen LogP contribution in [0.25, 0.3) is 21.7 Å². The number of aromatic amines is 1. The molecular formula is C14H12N2O2. The predicted molar refractivity (Wildman–Crippen MR) is 71.9 cm³/mol. The van der Waals surface area contributed by atoms with E-state index >= 15 is 0 Å². The second kappa shape index (κ2) is 3.57. The fourth-order valence-corrected chi connectivity index (χ4v) is 2.49. The van der Waals surface area contributed by atoms with Gasteiger partial charge in [0.25, 0.3) is 5.69 Å². The number of H-pyrrole nitrogens is 1. The van der Waals surface area contributed by atoms with Crippen molar-refractivity contribution in [2.24, 2.45) is 0 Å². The number of nitro groups is 1. The molecule has 3 aromatic rings. The van der Waals surface area contributed by atoms with Gasteiger partial charge in [-0.1, -0.05) is 18.2 Å². The van der Waals surface area contributed by atoms with E-state index in [1.54, 1.807) is 12.1 Å². The first-order chi connectivity index (χ1) is 8.59. The number of aromatic nitrogens is 1. The normalized spacial score (nSPS) is 11.2. The Labute approximate surface area is 103 Å². The Balaban J connectivity index is 2.63. The monoisotopic (exact) mass is 240 g/mol. The van der Waals surface area contributed by atoms with Crippen LogP contribution in [-0.2, 0) is 0 Å². The Morgan fingerprint density at radius 2 is 1.89 bits per heavy atom. The van der Waals surface area contributed by atoms with Gasteiger partial charge in [0.1, 0.15) is 0 Å². The molecule has 0 bridgehead atoms. The van der Waals surface area contributed by atoms with Gasteiger partial charge in [-0.3, -0.25) is 10.1 Å². The van der Waals surface area contributed by atoms with Crippen LogP contribution in [0.15, 0.2) is 30.3 Å². The zero-order valence-corrected chi connectivity index (χ0v) is 10.2. The van der Waals surface area contributed by atoms with Gasteiger partial charge in [0.05, 0.1) is 10.3 Å². The van der Waals surface area contributed by atoms with E-state index in [4.69, 9.17) is 0 Å². The van der Waals surface area contributed by atoms with Gasteiger partial charge in [-0.2, -0.15) is 0 Å². The minimum atomic E-state index is -0.316. The van der Waals surface area contributed by atoms with E-state index in [0.717, 1.165) is 32.9 Å². The molecule has 0 radical (unpaired) electrons. The highest BCUT2D eigenvalue weighted by Crippen LogP contribution is 2.35. The van der Waals surface area contributed by atoms with Gasteiger partial charge in [0.2, 0.25) is 0 Å². The maximum atomic E-state index is 11.2. The van der Waals surface area contributed by atoms with E-state index in [1.165, 1.54) is 0 Å². The number of benzene rings is 2. The van der Waals surface area contributed by atoms with Crippen molar-refractivity contribution < 1.29 is 4.92 Å². The molecule has 0 saturated carbocycles. The van der Waals surface area contributed by atoms with Crippen LogP contribution in [-0.4, -0.2) is 9.91 Å². The number of rotatable bonds is 1. The summed E-state index contributed by atoms with van der Waals surface area (Å²) in [6, 6.07) is 9.08. The van der Waals surface area contributed by atoms with Crippen molar-refractivity contribution in [2.45, 2.75) is 13.8 Å². The number of aryl methyl sites for hydroxylation is 2. The zero-order valence-electron chi connectivity index (χ0n) is 10.2. The number of fused-ring (bicyclic) bond motifs is 3. The number of hydrogen-bond donors (Lipinski definition) is 1.